The Kier molecular flexibility index (Phi) is 4.94. The van der Waals surface area contributed by atoms with E-state index in [4.69, 9.17) is 0 Å². The molecule has 1 N–H and O–H groups in total. The Bertz CT molecular complexity index is 570. The molecule has 2 nitrogen and oxygen atoms in total. The first kappa shape index (κ1) is 14.3. The minimum absolute atomic E-state index is 0.265. The van der Waals surface area contributed by atoms with Gasteiger partial charge in [-0.05, 0) is 48.1 Å². The van der Waals surface area contributed by atoms with Gasteiger partial charge in [0.1, 0.15) is 12.0 Å². The van der Waals surface area contributed by atoms with E-state index in [2.05, 4.69) is 13.0 Å². The van der Waals surface area contributed by atoms with Crippen LogP contribution in [0.2, 0.25) is 0 Å². The molecule has 0 unspecified atom stereocenters. The lowest BCUT2D eigenvalue weighted by atomic mass is 9.96. The molecular formula is C18H20O2. The normalized spacial score (nSPS) is 10.4. The van der Waals surface area contributed by atoms with E-state index < -0.39 is 0 Å². The Morgan fingerprint density at radius 2 is 1.75 bits per heavy atom. The first-order valence-corrected chi connectivity index (χ1v) is 7.08. The minimum Gasteiger partial charge on any atom is -0.508 e. The van der Waals surface area contributed by atoms with Gasteiger partial charge in [0.05, 0.1) is 0 Å². The molecule has 0 atom stereocenters. The van der Waals surface area contributed by atoms with E-state index in [1.807, 2.05) is 24.3 Å². The number of hydrogen-bond donors (Lipinski definition) is 1. The van der Waals surface area contributed by atoms with Crippen LogP contribution in [0.5, 0.6) is 5.75 Å². The molecule has 0 radical (unpaired) electrons. The van der Waals surface area contributed by atoms with Crippen molar-refractivity contribution in [2.75, 3.05) is 0 Å². The van der Waals surface area contributed by atoms with Crippen molar-refractivity contribution >= 4 is 6.29 Å². The van der Waals surface area contributed by atoms with Gasteiger partial charge in [0.15, 0.2) is 0 Å². The summed E-state index contributed by atoms with van der Waals surface area (Å²) in [6.07, 6.45) is 5.02. The molecule has 2 aromatic carbocycles. The van der Waals surface area contributed by atoms with E-state index in [1.54, 1.807) is 12.1 Å². The third kappa shape index (κ3) is 3.70. The molecule has 0 saturated heterocycles. The second-order valence-electron chi connectivity index (χ2n) is 5.10. The Labute approximate surface area is 120 Å². The predicted molar refractivity (Wildman–Crippen MR) is 81.4 cm³/mol. The maximum atomic E-state index is 11.2. The van der Waals surface area contributed by atoms with Gasteiger partial charge in [0, 0.05) is 5.56 Å². The number of aromatic hydroxyl groups is 1. The van der Waals surface area contributed by atoms with Gasteiger partial charge in [-0.25, -0.2) is 0 Å². The quantitative estimate of drug-likeness (QED) is 0.799. The van der Waals surface area contributed by atoms with E-state index >= 15 is 0 Å². The minimum atomic E-state index is 0.265. The van der Waals surface area contributed by atoms with Gasteiger partial charge in [-0.1, -0.05) is 43.7 Å². The highest BCUT2D eigenvalue weighted by atomic mass is 16.3. The van der Waals surface area contributed by atoms with Gasteiger partial charge < -0.3 is 5.11 Å². The fourth-order valence-corrected chi connectivity index (χ4v) is 2.30. The summed E-state index contributed by atoms with van der Waals surface area (Å²) < 4.78 is 0. The molecule has 0 bridgehead atoms. The summed E-state index contributed by atoms with van der Waals surface area (Å²) in [6, 6.07) is 13.2. The van der Waals surface area contributed by atoms with Crippen LogP contribution in [-0.2, 0) is 12.8 Å². The lowest BCUT2D eigenvalue weighted by molar-refractivity contribution is 0.112. The van der Waals surface area contributed by atoms with Crippen molar-refractivity contribution in [3.8, 4) is 5.75 Å². The highest BCUT2D eigenvalue weighted by Crippen LogP contribution is 2.18. The van der Waals surface area contributed by atoms with Crippen molar-refractivity contribution in [2.45, 2.75) is 32.6 Å². The molecule has 20 heavy (non-hydrogen) atoms. The average molecular weight is 268 g/mol. The molecule has 0 aliphatic carbocycles. The Hall–Kier alpha value is -2.09. The van der Waals surface area contributed by atoms with Gasteiger partial charge in [-0.3, -0.25) is 4.79 Å². The second-order valence-corrected chi connectivity index (χ2v) is 5.10. The zero-order valence-electron chi connectivity index (χ0n) is 11.8. The summed E-state index contributed by atoms with van der Waals surface area (Å²) in [4.78, 5) is 11.2. The maximum absolute atomic E-state index is 11.2. The lowest BCUT2D eigenvalue weighted by Gasteiger charge is -2.08. The number of phenols is 1. The number of aryl methyl sites for hydroxylation is 1. The van der Waals surface area contributed by atoms with Crippen LogP contribution in [0.1, 0.15) is 46.8 Å². The summed E-state index contributed by atoms with van der Waals surface area (Å²) in [5.41, 5.74) is 4.18. The van der Waals surface area contributed by atoms with E-state index in [0.717, 1.165) is 29.4 Å². The first-order valence-electron chi connectivity index (χ1n) is 7.08. The van der Waals surface area contributed by atoms with Crippen LogP contribution in [0.15, 0.2) is 42.5 Å². The molecule has 0 aliphatic heterocycles. The fourth-order valence-electron chi connectivity index (χ4n) is 2.30. The number of phenolic OH excluding ortho intramolecular Hbond substituents is 1. The average Bonchev–Trinajstić information content (AvgIpc) is 2.48. The van der Waals surface area contributed by atoms with E-state index in [0.29, 0.717) is 6.42 Å². The maximum Gasteiger partial charge on any atom is 0.150 e. The highest BCUT2D eigenvalue weighted by Gasteiger charge is 2.05. The van der Waals surface area contributed by atoms with Crippen LogP contribution >= 0.6 is 0 Å². The number of benzene rings is 2. The molecule has 0 fully saturated rings. The number of rotatable bonds is 6. The van der Waals surface area contributed by atoms with Crippen LogP contribution in [0.25, 0.3) is 0 Å². The van der Waals surface area contributed by atoms with Crippen molar-refractivity contribution < 1.29 is 9.90 Å². The number of hydrogen-bond acceptors (Lipinski definition) is 2. The molecule has 0 heterocycles. The molecule has 0 amide bonds. The van der Waals surface area contributed by atoms with Crippen molar-refractivity contribution in [1.29, 1.82) is 0 Å². The van der Waals surface area contributed by atoms with Crippen LogP contribution in [-0.4, -0.2) is 11.4 Å². The fraction of sp³-hybridized carbons (Fsp3) is 0.278. The predicted octanol–water partition coefficient (Wildman–Crippen LogP) is 4.14. The monoisotopic (exact) mass is 268 g/mol. The molecule has 104 valence electrons. The largest absolute Gasteiger partial charge is 0.508 e. The van der Waals surface area contributed by atoms with Gasteiger partial charge in [0.2, 0.25) is 0 Å². The Morgan fingerprint density at radius 1 is 1.05 bits per heavy atom. The molecule has 0 aliphatic rings. The first-order chi connectivity index (χ1) is 9.72. The van der Waals surface area contributed by atoms with Crippen LogP contribution < -0.4 is 0 Å². The number of aldehydes is 1. The van der Waals surface area contributed by atoms with Crippen molar-refractivity contribution in [3.05, 3.63) is 64.7 Å². The zero-order valence-corrected chi connectivity index (χ0v) is 11.8. The molecular weight excluding hydrogens is 248 g/mol. The van der Waals surface area contributed by atoms with Gasteiger partial charge >= 0.3 is 0 Å². The summed E-state index contributed by atoms with van der Waals surface area (Å²) in [6.45, 7) is 2.18. The number of carbonyl (C=O) groups is 1. The van der Waals surface area contributed by atoms with E-state index in [9.17, 15) is 9.90 Å². The topological polar surface area (TPSA) is 37.3 Å². The smallest absolute Gasteiger partial charge is 0.150 e. The lowest BCUT2D eigenvalue weighted by Crippen LogP contribution is -1.97. The molecule has 0 aromatic heterocycles. The van der Waals surface area contributed by atoms with Crippen molar-refractivity contribution in [3.63, 3.8) is 0 Å². The van der Waals surface area contributed by atoms with E-state index in [1.165, 1.54) is 18.4 Å². The molecule has 2 heteroatoms. The standard InChI is InChI=1S/C18H20O2/c1-2-3-4-14-5-8-16(13-19)17(11-14)12-15-6-9-18(20)10-7-15/h5-11,13,20H,2-4,12H2,1H3. The van der Waals surface area contributed by atoms with Gasteiger partial charge in [0.25, 0.3) is 0 Å². The number of carbonyl (C=O) groups excluding carboxylic acids is 1. The van der Waals surface area contributed by atoms with Crippen LogP contribution in [0, 0.1) is 0 Å². The third-order valence-electron chi connectivity index (χ3n) is 3.48. The summed E-state index contributed by atoms with van der Waals surface area (Å²) in [5.74, 6) is 0.265. The molecule has 0 saturated carbocycles. The SMILES string of the molecule is CCCCc1ccc(C=O)c(Cc2ccc(O)cc2)c1. The number of unbranched alkanes of at least 4 members (excludes halogenated alkanes) is 1. The summed E-state index contributed by atoms with van der Waals surface area (Å²) >= 11 is 0. The molecule has 0 spiro atoms. The van der Waals surface area contributed by atoms with Crippen molar-refractivity contribution in [2.24, 2.45) is 0 Å². The molecule has 2 rings (SSSR count). The van der Waals surface area contributed by atoms with Crippen LogP contribution in [0.4, 0.5) is 0 Å². The Morgan fingerprint density at radius 3 is 2.40 bits per heavy atom. The van der Waals surface area contributed by atoms with E-state index in [-0.39, 0.29) is 5.75 Å². The zero-order chi connectivity index (χ0) is 14.4. The summed E-state index contributed by atoms with van der Waals surface area (Å²) in [5, 5.41) is 9.31. The van der Waals surface area contributed by atoms with Gasteiger partial charge in [-0.15, -0.1) is 0 Å². The summed E-state index contributed by atoms with van der Waals surface area (Å²) in [7, 11) is 0. The third-order valence-corrected chi connectivity index (χ3v) is 3.48. The van der Waals surface area contributed by atoms with Crippen LogP contribution in [0.3, 0.4) is 0 Å². The Balaban J connectivity index is 2.23. The highest BCUT2D eigenvalue weighted by molar-refractivity contribution is 5.77. The second kappa shape index (κ2) is 6.90. The molecule has 2 aromatic rings. The van der Waals surface area contributed by atoms with Gasteiger partial charge in [-0.2, -0.15) is 0 Å². The van der Waals surface area contributed by atoms with Crippen molar-refractivity contribution in [1.82, 2.24) is 0 Å².